The molecule has 4 rings (SSSR count). The van der Waals surface area contributed by atoms with Crippen molar-refractivity contribution < 1.29 is 22.6 Å². The van der Waals surface area contributed by atoms with Crippen LogP contribution in [0, 0.1) is 5.95 Å². The maximum Gasteiger partial charge on any atom is 0.387 e. The van der Waals surface area contributed by atoms with Gasteiger partial charge in [0, 0.05) is 24.7 Å². The molecule has 31 heavy (non-hydrogen) atoms. The number of aromatic nitrogens is 4. The number of nitrogens with zero attached hydrogens (tertiary/aromatic N) is 5. The van der Waals surface area contributed by atoms with Crippen molar-refractivity contribution in [2.45, 2.75) is 19.6 Å². The fourth-order valence-electron chi connectivity index (χ4n) is 3.16. The van der Waals surface area contributed by atoms with Gasteiger partial charge in [0.25, 0.3) is 0 Å². The second kappa shape index (κ2) is 9.13. The molecule has 3 aromatic rings. The number of anilines is 3. The van der Waals surface area contributed by atoms with Crippen molar-refractivity contribution in [1.82, 2.24) is 20.2 Å². The third-order valence-corrected chi connectivity index (χ3v) is 4.53. The van der Waals surface area contributed by atoms with Crippen LogP contribution in [0.1, 0.15) is 6.92 Å². The standard InChI is InChI=1S/C20H19F3N6O2/c1-12-11-29(6-7-30-12)20-25-16(21)9-17(27-20)26-18-8-14(10-24-28-18)13-2-4-15(5-3-13)31-19(22)23/h2-5,8-10,12,19H,6-7,11H2,1H3,(H,25,26,27,28). The Bertz CT molecular complexity index is 1040. The van der Waals surface area contributed by atoms with Crippen molar-refractivity contribution >= 4 is 17.6 Å². The fraction of sp³-hybridized carbons (Fsp3) is 0.300. The van der Waals surface area contributed by atoms with Crippen molar-refractivity contribution in [2.24, 2.45) is 0 Å². The SMILES string of the molecule is CC1CN(c2nc(F)cc(Nc3cc(-c4ccc(OC(F)F)cc4)cnn3)n2)CCO1. The van der Waals surface area contributed by atoms with Gasteiger partial charge < -0.3 is 19.7 Å². The van der Waals surface area contributed by atoms with Gasteiger partial charge in [0.1, 0.15) is 11.6 Å². The van der Waals surface area contributed by atoms with Crippen molar-refractivity contribution in [2.75, 3.05) is 29.9 Å². The minimum Gasteiger partial charge on any atom is -0.435 e. The molecular weight excluding hydrogens is 413 g/mol. The highest BCUT2D eigenvalue weighted by molar-refractivity contribution is 5.67. The van der Waals surface area contributed by atoms with Gasteiger partial charge in [0.15, 0.2) is 5.82 Å². The van der Waals surface area contributed by atoms with Crippen LogP contribution in [0.3, 0.4) is 0 Å². The number of rotatable bonds is 6. The summed E-state index contributed by atoms with van der Waals surface area (Å²) in [6.07, 6.45) is 1.52. The van der Waals surface area contributed by atoms with E-state index in [9.17, 15) is 13.2 Å². The van der Waals surface area contributed by atoms with Crippen LogP contribution < -0.4 is 15.0 Å². The Hall–Kier alpha value is -3.47. The summed E-state index contributed by atoms with van der Waals surface area (Å²) in [4.78, 5) is 10.1. The smallest absolute Gasteiger partial charge is 0.387 e. The van der Waals surface area contributed by atoms with Crippen LogP contribution >= 0.6 is 0 Å². The van der Waals surface area contributed by atoms with E-state index >= 15 is 0 Å². The molecule has 11 heteroatoms. The molecule has 0 spiro atoms. The number of benzene rings is 1. The zero-order chi connectivity index (χ0) is 21.8. The Morgan fingerprint density at radius 2 is 1.94 bits per heavy atom. The molecule has 0 saturated carbocycles. The Morgan fingerprint density at radius 3 is 2.68 bits per heavy atom. The molecule has 162 valence electrons. The molecule has 1 aliphatic rings. The second-order valence-electron chi connectivity index (χ2n) is 6.86. The molecule has 1 aromatic carbocycles. The van der Waals surface area contributed by atoms with Crippen LogP contribution in [-0.4, -0.2) is 52.6 Å². The molecule has 1 saturated heterocycles. The van der Waals surface area contributed by atoms with E-state index in [1.54, 1.807) is 18.2 Å². The summed E-state index contributed by atoms with van der Waals surface area (Å²) in [6, 6.07) is 8.97. The third kappa shape index (κ3) is 5.37. The minimum atomic E-state index is -2.89. The van der Waals surface area contributed by atoms with Gasteiger partial charge in [-0.25, -0.2) is 0 Å². The molecule has 1 unspecified atom stereocenters. The quantitative estimate of drug-likeness (QED) is 0.591. The Kier molecular flexibility index (Phi) is 6.12. The summed E-state index contributed by atoms with van der Waals surface area (Å²) < 4.78 is 48.6. The lowest BCUT2D eigenvalue weighted by Gasteiger charge is -2.31. The van der Waals surface area contributed by atoms with E-state index < -0.39 is 12.6 Å². The van der Waals surface area contributed by atoms with Gasteiger partial charge in [-0.05, 0) is 30.7 Å². The molecule has 0 radical (unpaired) electrons. The van der Waals surface area contributed by atoms with Crippen molar-refractivity contribution in [3.63, 3.8) is 0 Å². The minimum absolute atomic E-state index is 0.00273. The highest BCUT2D eigenvalue weighted by Gasteiger charge is 2.20. The lowest BCUT2D eigenvalue weighted by atomic mass is 10.1. The summed E-state index contributed by atoms with van der Waals surface area (Å²) in [5, 5.41) is 10.9. The van der Waals surface area contributed by atoms with Gasteiger partial charge in [-0.1, -0.05) is 12.1 Å². The Morgan fingerprint density at radius 1 is 1.13 bits per heavy atom. The molecule has 1 fully saturated rings. The normalized spacial score (nSPS) is 16.4. The Balaban J connectivity index is 1.52. The first-order valence-corrected chi connectivity index (χ1v) is 9.52. The van der Waals surface area contributed by atoms with Crippen molar-refractivity contribution in [3.8, 4) is 16.9 Å². The van der Waals surface area contributed by atoms with Gasteiger partial charge in [0.2, 0.25) is 11.9 Å². The average Bonchev–Trinajstić information content (AvgIpc) is 2.74. The molecule has 1 atom stereocenters. The van der Waals surface area contributed by atoms with E-state index in [0.29, 0.717) is 31.1 Å². The third-order valence-electron chi connectivity index (χ3n) is 4.53. The molecule has 2 aromatic heterocycles. The zero-order valence-corrected chi connectivity index (χ0v) is 16.5. The van der Waals surface area contributed by atoms with Crippen LogP contribution in [0.4, 0.5) is 30.8 Å². The van der Waals surface area contributed by atoms with E-state index in [0.717, 1.165) is 11.6 Å². The molecule has 0 bridgehead atoms. The maximum absolute atomic E-state index is 14.1. The number of halogens is 3. The topological polar surface area (TPSA) is 85.3 Å². The van der Waals surface area contributed by atoms with Crippen molar-refractivity contribution in [3.05, 3.63) is 48.5 Å². The largest absolute Gasteiger partial charge is 0.435 e. The summed E-state index contributed by atoms with van der Waals surface area (Å²) in [5.41, 5.74) is 1.40. The summed E-state index contributed by atoms with van der Waals surface area (Å²) in [5.74, 6) is 0.209. The van der Waals surface area contributed by atoms with E-state index in [1.165, 1.54) is 18.3 Å². The lowest BCUT2D eigenvalue weighted by molar-refractivity contribution is -0.0498. The molecule has 1 aliphatic heterocycles. The monoisotopic (exact) mass is 432 g/mol. The molecule has 3 heterocycles. The van der Waals surface area contributed by atoms with Gasteiger partial charge in [0.05, 0.1) is 18.9 Å². The number of hydrogen-bond acceptors (Lipinski definition) is 8. The first-order chi connectivity index (χ1) is 15.0. The molecular formula is C20H19F3N6O2. The number of ether oxygens (including phenoxy) is 2. The number of alkyl halides is 2. The Labute approximate surface area is 176 Å². The van der Waals surface area contributed by atoms with E-state index in [1.807, 2.05) is 11.8 Å². The van der Waals surface area contributed by atoms with E-state index in [2.05, 4.69) is 30.2 Å². The highest BCUT2D eigenvalue weighted by atomic mass is 19.3. The van der Waals surface area contributed by atoms with Gasteiger partial charge in [-0.2, -0.15) is 28.2 Å². The number of hydrogen-bond donors (Lipinski definition) is 1. The first-order valence-electron chi connectivity index (χ1n) is 9.52. The van der Waals surface area contributed by atoms with Crippen LogP contribution in [-0.2, 0) is 4.74 Å². The van der Waals surface area contributed by atoms with Gasteiger partial charge >= 0.3 is 6.61 Å². The second-order valence-corrected chi connectivity index (χ2v) is 6.86. The maximum atomic E-state index is 14.1. The zero-order valence-electron chi connectivity index (χ0n) is 16.5. The summed E-state index contributed by atoms with van der Waals surface area (Å²) in [6.45, 7) is 0.677. The van der Waals surface area contributed by atoms with Crippen LogP contribution in [0.2, 0.25) is 0 Å². The molecule has 0 aliphatic carbocycles. The van der Waals surface area contributed by atoms with Crippen LogP contribution in [0.15, 0.2) is 42.6 Å². The van der Waals surface area contributed by atoms with Crippen LogP contribution in [0.5, 0.6) is 5.75 Å². The van der Waals surface area contributed by atoms with Crippen LogP contribution in [0.25, 0.3) is 11.1 Å². The highest BCUT2D eigenvalue weighted by Crippen LogP contribution is 2.25. The lowest BCUT2D eigenvalue weighted by Crippen LogP contribution is -2.42. The van der Waals surface area contributed by atoms with Gasteiger partial charge in [-0.3, -0.25) is 0 Å². The predicted octanol–water partition coefficient (Wildman–Crippen LogP) is 3.64. The van der Waals surface area contributed by atoms with E-state index in [-0.39, 0.29) is 23.6 Å². The molecule has 1 N–H and O–H groups in total. The first kappa shape index (κ1) is 20.8. The average molecular weight is 432 g/mol. The predicted molar refractivity (Wildman–Crippen MR) is 107 cm³/mol. The van der Waals surface area contributed by atoms with Crippen molar-refractivity contribution in [1.29, 1.82) is 0 Å². The fourth-order valence-corrected chi connectivity index (χ4v) is 3.16. The molecule has 8 nitrogen and oxygen atoms in total. The summed E-state index contributed by atoms with van der Waals surface area (Å²) in [7, 11) is 0. The summed E-state index contributed by atoms with van der Waals surface area (Å²) >= 11 is 0. The number of nitrogens with one attached hydrogen (secondary N) is 1. The molecule has 0 amide bonds. The van der Waals surface area contributed by atoms with E-state index in [4.69, 9.17) is 4.74 Å². The number of morpholine rings is 1. The van der Waals surface area contributed by atoms with Gasteiger partial charge in [-0.15, -0.1) is 5.10 Å².